The van der Waals surface area contributed by atoms with Gasteiger partial charge in [0.25, 0.3) is 0 Å². The van der Waals surface area contributed by atoms with Gasteiger partial charge in [0.05, 0.1) is 7.11 Å². The highest BCUT2D eigenvalue weighted by atomic mass is 32.1. The van der Waals surface area contributed by atoms with Crippen LogP contribution in [0.3, 0.4) is 0 Å². The van der Waals surface area contributed by atoms with E-state index in [1.165, 1.54) is 16.9 Å². The topological polar surface area (TPSA) is 38.3 Å². The SMILES string of the molecule is COC(=O)[C@H](C)NC(Cc1cccs1)c1cccs1. The Balaban J connectivity index is 2.09. The summed E-state index contributed by atoms with van der Waals surface area (Å²) in [6, 6.07) is 8.14. The molecule has 2 rings (SSSR count). The molecule has 0 aliphatic heterocycles. The predicted octanol–water partition coefficient (Wildman–Crippen LogP) is 3.24. The van der Waals surface area contributed by atoms with Crippen molar-refractivity contribution in [1.82, 2.24) is 5.32 Å². The maximum atomic E-state index is 11.5. The highest BCUT2D eigenvalue weighted by molar-refractivity contribution is 7.10. The molecule has 0 aliphatic carbocycles. The molecule has 5 heteroatoms. The summed E-state index contributed by atoms with van der Waals surface area (Å²) >= 11 is 3.44. The normalized spacial score (nSPS) is 14.0. The maximum Gasteiger partial charge on any atom is 0.322 e. The molecule has 0 fully saturated rings. The Bertz CT molecular complexity index is 494. The Labute approximate surface area is 121 Å². The summed E-state index contributed by atoms with van der Waals surface area (Å²) in [4.78, 5) is 14.1. The van der Waals surface area contributed by atoms with Gasteiger partial charge in [0.2, 0.25) is 0 Å². The van der Waals surface area contributed by atoms with Crippen molar-refractivity contribution in [2.24, 2.45) is 0 Å². The molecule has 0 saturated heterocycles. The fourth-order valence-corrected chi connectivity index (χ4v) is 3.45. The van der Waals surface area contributed by atoms with Crippen LogP contribution >= 0.6 is 22.7 Å². The van der Waals surface area contributed by atoms with Gasteiger partial charge >= 0.3 is 5.97 Å². The first kappa shape index (κ1) is 14.2. The van der Waals surface area contributed by atoms with Crippen LogP contribution in [0.15, 0.2) is 35.0 Å². The predicted molar refractivity (Wildman–Crippen MR) is 79.7 cm³/mol. The standard InChI is InChI=1S/C14H17NO2S2/c1-10(14(16)17-2)15-12(13-6-4-8-19-13)9-11-5-3-7-18-11/h3-8,10,12,15H,9H2,1-2H3/t10-,12?/m0/s1. The van der Waals surface area contributed by atoms with E-state index in [0.29, 0.717) is 0 Å². The van der Waals surface area contributed by atoms with E-state index in [1.807, 2.05) is 13.0 Å². The fourth-order valence-electron chi connectivity index (χ4n) is 1.91. The molecule has 1 N–H and O–H groups in total. The molecule has 2 atom stereocenters. The molecule has 2 heterocycles. The van der Waals surface area contributed by atoms with Gasteiger partial charge in [-0.05, 0) is 29.8 Å². The van der Waals surface area contributed by atoms with E-state index in [-0.39, 0.29) is 18.1 Å². The second kappa shape index (κ2) is 6.84. The summed E-state index contributed by atoms with van der Waals surface area (Å²) in [6.45, 7) is 1.83. The van der Waals surface area contributed by atoms with E-state index >= 15 is 0 Å². The summed E-state index contributed by atoms with van der Waals surface area (Å²) in [5, 5.41) is 7.48. The van der Waals surface area contributed by atoms with E-state index in [4.69, 9.17) is 4.74 Å². The minimum atomic E-state index is -0.308. The molecule has 2 aromatic heterocycles. The summed E-state index contributed by atoms with van der Waals surface area (Å²) in [5.74, 6) is -0.229. The van der Waals surface area contributed by atoms with Crippen LogP contribution in [0.5, 0.6) is 0 Å². The smallest absolute Gasteiger partial charge is 0.322 e. The lowest BCUT2D eigenvalue weighted by molar-refractivity contribution is -0.142. The van der Waals surface area contributed by atoms with Gasteiger partial charge in [0, 0.05) is 22.2 Å². The lowest BCUT2D eigenvalue weighted by Crippen LogP contribution is -2.38. The Morgan fingerprint density at radius 3 is 2.63 bits per heavy atom. The number of hydrogen-bond donors (Lipinski definition) is 1. The number of nitrogens with one attached hydrogen (secondary N) is 1. The molecule has 1 unspecified atom stereocenters. The highest BCUT2D eigenvalue weighted by Crippen LogP contribution is 2.25. The van der Waals surface area contributed by atoms with Crippen LogP contribution in [0.4, 0.5) is 0 Å². The van der Waals surface area contributed by atoms with Gasteiger partial charge in [-0.25, -0.2) is 0 Å². The molecule has 0 saturated carbocycles. The second-order valence-electron chi connectivity index (χ2n) is 4.26. The van der Waals surface area contributed by atoms with E-state index in [9.17, 15) is 4.79 Å². The molecular weight excluding hydrogens is 278 g/mol. The number of esters is 1. The third-order valence-electron chi connectivity index (χ3n) is 2.88. The Kier molecular flexibility index (Phi) is 5.13. The molecule has 2 aromatic rings. The number of ether oxygens (including phenoxy) is 1. The van der Waals surface area contributed by atoms with Crippen molar-refractivity contribution in [2.75, 3.05) is 7.11 Å². The lowest BCUT2D eigenvalue weighted by Gasteiger charge is -2.20. The van der Waals surface area contributed by atoms with Gasteiger partial charge in [-0.2, -0.15) is 0 Å². The van der Waals surface area contributed by atoms with Crippen molar-refractivity contribution < 1.29 is 9.53 Å². The van der Waals surface area contributed by atoms with E-state index in [2.05, 4.69) is 34.3 Å². The first-order valence-corrected chi connectivity index (χ1v) is 7.86. The average molecular weight is 295 g/mol. The van der Waals surface area contributed by atoms with Crippen LogP contribution < -0.4 is 5.32 Å². The van der Waals surface area contributed by atoms with Crippen LogP contribution in [-0.4, -0.2) is 19.1 Å². The summed E-state index contributed by atoms with van der Waals surface area (Å²) in [7, 11) is 1.42. The second-order valence-corrected chi connectivity index (χ2v) is 6.27. The number of hydrogen-bond acceptors (Lipinski definition) is 5. The minimum absolute atomic E-state index is 0.146. The zero-order chi connectivity index (χ0) is 13.7. The molecule has 3 nitrogen and oxygen atoms in total. The number of carbonyl (C=O) groups is 1. The number of thiophene rings is 2. The lowest BCUT2D eigenvalue weighted by atomic mass is 10.1. The first-order valence-electron chi connectivity index (χ1n) is 6.10. The van der Waals surface area contributed by atoms with Gasteiger partial charge in [0.15, 0.2) is 0 Å². The third kappa shape index (κ3) is 3.89. The zero-order valence-electron chi connectivity index (χ0n) is 11.0. The fraction of sp³-hybridized carbons (Fsp3) is 0.357. The quantitative estimate of drug-likeness (QED) is 0.831. The van der Waals surface area contributed by atoms with Crippen molar-refractivity contribution in [3.05, 3.63) is 44.8 Å². The van der Waals surface area contributed by atoms with Crippen molar-refractivity contribution in [3.8, 4) is 0 Å². The summed E-state index contributed by atoms with van der Waals surface area (Å²) < 4.78 is 4.77. The van der Waals surface area contributed by atoms with Gasteiger partial charge in [0.1, 0.15) is 6.04 Å². The van der Waals surface area contributed by atoms with Gasteiger partial charge < -0.3 is 4.74 Å². The van der Waals surface area contributed by atoms with Crippen molar-refractivity contribution in [3.63, 3.8) is 0 Å². The zero-order valence-corrected chi connectivity index (χ0v) is 12.6. The molecule has 0 bridgehead atoms. The largest absolute Gasteiger partial charge is 0.468 e. The van der Waals surface area contributed by atoms with E-state index in [0.717, 1.165) is 6.42 Å². The number of carbonyl (C=O) groups excluding carboxylic acids is 1. The van der Waals surface area contributed by atoms with Gasteiger partial charge in [-0.1, -0.05) is 12.1 Å². The summed E-state index contributed by atoms with van der Waals surface area (Å²) in [6.07, 6.45) is 0.888. The maximum absolute atomic E-state index is 11.5. The van der Waals surface area contributed by atoms with Crippen LogP contribution in [-0.2, 0) is 16.0 Å². The van der Waals surface area contributed by atoms with Crippen LogP contribution in [0, 0.1) is 0 Å². The van der Waals surface area contributed by atoms with Gasteiger partial charge in [-0.15, -0.1) is 22.7 Å². The number of rotatable bonds is 6. The van der Waals surface area contributed by atoms with Crippen LogP contribution in [0.25, 0.3) is 0 Å². The molecular formula is C14H17NO2S2. The molecule has 0 amide bonds. The highest BCUT2D eigenvalue weighted by Gasteiger charge is 2.20. The first-order chi connectivity index (χ1) is 9.20. The van der Waals surface area contributed by atoms with Gasteiger partial charge in [-0.3, -0.25) is 10.1 Å². The molecule has 19 heavy (non-hydrogen) atoms. The average Bonchev–Trinajstić information content (AvgIpc) is 3.09. The minimum Gasteiger partial charge on any atom is -0.468 e. The Morgan fingerprint density at radius 1 is 1.32 bits per heavy atom. The molecule has 0 radical (unpaired) electrons. The molecule has 102 valence electrons. The monoisotopic (exact) mass is 295 g/mol. The van der Waals surface area contributed by atoms with Crippen molar-refractivity contribution in [1.29, 1.82) is 0 Å². The van der Waals surface area contributed by atoms with Crippen molar-refractivity contribution >= 4 is 28.6 Å². The van der Waals surface area contributed by atoms with Crippen LogP contribution in [0.1, 0.15) is 22.7 Å². The Morgan fingerprint density at radius 2 is 2.05 bits per heavy atom. The molecule has 0 aliphatic rings. The van der Waals surface area contributed by atoms with E-state index in [1.54, 1.807) is 22.7 Å². The molecule has 0 spiro atoms. The van der Waals surface area contributed by atoms with E-state index < -0.39 is 0 Å². The third-order valence-corrected chi connectivity index (χ3v) is 4.76. The summed E-state index contributed by atoms with van der Waals surface area (Å²) in [5.41, 5.74) is 0. The molecule has 0 aromatic carbocycles. The van der Waals surface area contributed by atoms with Crippen LogP contribution in [0.2, 0.25) is 0 Å². The number of methoxy groups -OCH3 is 1. The van der Waals surface area contributed by atoms with Crippen molar-refractivity contribution in [2.45, 2.75) is 25.4 Å². The Hall–Kier alpha value is -1.17.